The third kappa shape index (κ3) is 4.39. The van der Waals surface area contributed by atoms with Gasteiger partial charge in [0.2, 0.25) is 0 Å². The molecule has 5 rings (SSSR count). The molecule has 1 fully saturated rings. The lowest BCUT2D eigenvalue weighted by Crippen LogP contribution is -2.56. The van der Waals surface area contributed by atoms with Gasteiger partial charge in [0.25, 0.3) is 0 Å². The Labute approximate surface area is 218 Å². The Bertz CT molecular complexity index is 1310. The minimum atomic E-state index is -0.324. The smallest absolute Gasteiger partial charge is 0.310 e. The van der Waals surface area contributed by atoms with Crippen molar-refractivity contribution in [2.24, 2.45) is 17.8 Å². The molecule has 1 aliphatic carbocycles. The lowest BCUT2D eigenvalue weighted by atomic mass is 9.67. The number of carbonyl (C=O) groups is 2. The zero-order valence-electron chi connectivity index (χ0n) is 22.3. The average molecular weight is 505 g/mol. The number of nitrogens with zero attached hydrogens (tertiary/aromatic N) is 2. The molecular weight excluding hydrogens is 468 g/mol. The molecule has 1 saturated heterocycles. The van der Waals surface area contributed by atoms with E-state index in [-0.39, 0.29) is 35.5 Å². The lowest BCUT2D eigenvalue weighted by Gasteiger charge is -2.48. The molecule has 1 unspecified atom stereocenters. The van der Waals surface area contributed by atoms with Crippen molar-refractivity contribution in [2.45, 2.75) is 38.8 Å². The highest BCUT2D eigenvalue weighted by Gasteiger charge is 2.49. The number of fused-ring (bicyclic) bond motifs is 5. The number of aromatic nitrogens is 1. The summed E-state index contributed by atoms with van der Waals surface area (Å²) in [5, 5.41) is 1.06. The van der Waals surface area contributed by atoms with Crippen LogP contribution >= 0.6 is 0 Å². The number of Topliss-reactive ketones (excluding diaryl/α,β-unsaturated/α-hetero) is 1. The van der Waals surface area contributed by atoms with Gasteiger partial charge in [-0.25, -0.2) is 0 Å². The van der Waals surface area contributed by atoms with Gasteiger partial charge in [-0.1, -0.05) is 31.5 Å². The van der Waals surface area contributed by atoms with Gasteiger partial charge in [-0.05, 0) is 54.6 Å². The van der Waals surface area contributed by atoms with Crippen molar-refractivity contribution in [3.8, 4) is 11.5 Å². The quantitative estimate of drug-likeness (QED) is 0.458. The molecule has 2 aromatic carbocycles. The van der Waals surface area contributed by atoms with Gasteiger partial charge in [-0.3, -0.25) is 9.59 Å². The fraction of sp³-hybridized carbons (Fsp3) is 0.467. The SMILES string of the molecule is CC[C@@H]1CN(C)[C@H]2Cc3c(n(Cc4cc(OC)cc(OC)c4)c4ccccc34)C(=O)C[C@H]1C2C(=O)OC. The molecule has 3 aromatic rings. The van der Waals surface area contributed by atoms with Crippen LogP contribution in [0.1, 0.15) is 41.4 Å². The van der Waals surface area contributed by atoms with Gasteiger partial charge in [0.1, 0.15) is 11.5 Å². The van der Waals surface area contributed by atoms with Crippen LogP contribution < -0.4 is 9.47 Å². The Balaban J connectivity index is 1.68. The molecule has 0 N–H and O–H groups in total. The summed E-state index contributed by atoms with van der Waals surface area (Å²) in [7, 11) is 6.84. The Morgan fingerprint density at radius 1 is 1.03 bits per heavy atom. The Morgan fingerprint density at radius 2 is 1.73 bits per heavy atom. The molecule has 1 aromatic heterocycles. The van der Waals surface area contributed by atoms with Crippen LogP contribution in [0.2, 0.25) is 0 Å². The number of piperidine rings is 1. The van der Waals surface area contributed by atoms with Crippen molar-refractivity contribution in [3.63, 3.8) is 0 Å². The summed E-state index contributed by atoms with van der Waals surface area (Å²) in [5.41, 5.74) is 3.79. The highest BCUT2D eigenvalue weighted by atomic mass is 16.5. The van der Waals surface area contributed by atoms with Crippen LogP contribution in [-0.2, 0) is 22.5 Å². The number of rotatable bonds is 6. The molecule has 0 radical (unpaired) electrons. The maximum absolute atomic E-state index is 14.1. The first-order chi connectivity index (χ1) is 17.9. The number of likely N-dealkylation sites (tertiary alicyclic amines) is 1. The van der Waals surface area contributed by atoms with Gasteiger partial charge in [0.15, 0.2) is 5.78 Å². The minimum absolute atomic E-state index is 0.0248. The Kier molecular flexibility index (Phi) is 6.99. The van der Waals surface area contributed by atoms with E-state index in [0.717, 1.165) is 40.7 Å². The Hall–Kier alpha value is -3.32. The largest absolute Gasteiger partial charge is 0.497 e. The summed E-state index contributed by atoms with van der Waals surface area (Å²) in [4.78, 5) is 29.6. The zero-order valence-corrected chi connectivity index (χ0v) is 22.3. The number of hydrogen-bond acceptors (Lipinski definition) is 6. The number of hydrogen-bond donors (Lipinski definition) is 0. The predicted octanol–water partition coefficient (Wildman–Crippen LogP) is 4.58. The zero-order chi connectivity index (χ0) is 26.3. The summed E-state index contributed by atoms with van der Waals surface area (Å²) in [6.45, 7) is 3.54. The number of ketones is 1. The predicted molar refractivity (Wildman–Crippen MR) is 142 cm³/mol. The van der Waals surface area contributed by atoms with E-state index in [0.29, 0.717) is 30.9 Å². The molecule has 2 aliphatic rings. The second kappa shape index (κ2) is 10.2. The summed E-state index contributed by atoms with van der Waals surface area (Å²) >= 11 is 0. The van der Waals surface area contributed by atoms with E-state index in [1.165, 1.54) is 7.11 Å². The fourth-order valence-electron chi connectivity index (χ4n) is 6.69. The molecule has 196 valence electrons. The number of benzene rings is 2. The topological polar surface area (TPSA) is 70.0 Å². The molecular formula is C30H36N2O5. The molecule has 0 spiro atoms. The summed E-state index contributed by atoms with van der Waals surface area (Å²) in [6.07, 6.45) is 1.88. The second-order valence-electron chi connectivity index (χ2n) is 10.4. The summed E-state index contributed by atoms with van der Waals surface area (Å²) in [5.74, 6) is 1.21. The third-order valence-electron chi connectivity index (χ3n) is 8.49. The summed E-state index contributed by atoms with van der Waals surface area (Å²) in [6, 6.07) is 14.0. The maximum Gasteiger partial charge on any atom is 0.310 e. The molecule has 7 heteroatoms. The van der Waals surface area contributed by atoms with Crippen molar-refractivity contribution in [1.82, 2.24) is 9.47 Å². The highest BCUT2D eigenvalue weighted by Crippen LogP contribution is 2.43. The van der Waals surface area contributed by atoms with Crippen LogP contribution in [0.4, 0.5) is 0 Å². The van der Waals surface area contributed by atoms with Crippen molar-refractivity contribution in [1.29, 1.82) is 0 Å². The molecule has 0 saturated carbocycles. The van der Waals surface area contributed by atoms with E-state index >= 15 is 0 Å². The first kappa shape index (κ1) is 25.3. The van der Waals surface area contributed by atoms with Crippen LogP contribution in [0, 0.1) is 17.8 Å². The maximum atomic E-state index is 14.1. The van der Waals surface area contributed by atoms with E-state index in [2.05, 4.69) is 35.6 Å². The monoisotopic (exact) mass is 504 g/mol. The number of ether oxygens (including phenoxy) is 3. The third-order valence-corrected chi connectivity index (χ3v) is 8.49. The fourth-order valence-corrected chi connectivity index (χ4v) is 6.69. The average Bonchev–Trinajstić information content (AvgIpc) is 3.21. The van der Waals surface area contributed by atoms with Crippen molar-refractivity contribution in [2.75, 3.05) is 34.9 Å². The van der Waals surface area contributed by atoms with Crippen molar-refractivity contribution < 1.29 is 23.8 Å². The molecule has 0 amide bonds. The van der Waals surface area contributed by atoms with E-state index in [1.54, 1.807) is 14.2 Å². The standard InChI is InChI=1S/C30H36N2O5/c1-6-19-17-31(2)26-14-24-22-9-7-8-10-25(22)32(16-18-11-20(35-3)13-21(12-18)36-4)29(24)27(33)15-23(19)28(26)30(34)37-5/h7-13,19,23,26,28H,6,14-17H2,1-5H3/t19-,23-,26+,28?/m1/s1. The number of esters is 1. The first-order valence-electron chi connectivity index (χ1n) is 13.0. The normalized spacial score (nSPS) is 23.8. The summed E-state index contributed by atoms with van der Waals surface area (Å²) < 4.78 is 18.4. The number of carbonyl (C=O) groups excluding carboxylic acids is 2. The van der Waals surface area contributed by atoms with E-state index < -0.39 is 0 Å². The van der Waals surface area contributed by atoms with Crippen LogP contribution in [0.15, 0.2) is 42.5 Å². The van der Waals surface area contributed by atoms with Crippen LogP contribution in [0.3, 0.4) is 0 Å². The first-order valence-corrected chi connectivity index (χ1v) is 13.0. The van der Waals surface area contributed by atoms with E-state index in [1.807, 2.05) is 30.3 Å². The molecule has 2 heterocycles. The number of para-hydroxylation sites is 1. The Morgan fingerprint density at radius 3 is 2.38 bits per heavy atom. The molecule has 1 aliphatic heterocycles. The highest BCUT2D eigenvalue weighted by molar-refractivity contribution is 6.03. The number of likely N-dealkylation sites (N-methyl/N-ethyl adjacent to an activating group) is 1. The van der Waals surface area contributed by atoms with Crippen LogP contribution in [-0.4, -0.2) is 62.2 Å². The van der Waals surface area contributed by atoms with Crippen molar-refractivity contribution in [3.05, 3.63) is 59.3 Å². The minimum Gasteiger partial charge on any atom is -0.497 e. The van der Waals surface area contributed by atoms with Gasteiger partial charge in [-0.2, -0.15) is 0 Å². The lowest BCUT2D eigenvalue weighted by molar-refractivity contribution is -0.154. The van der Waals surface area contributed by atoms with Gasteiger partial charge >= 0.3 is 5.97 Å². The van der Waals surface area contributed by atoms with Crippen LogP contribution in [0.25, 0.3) is 10.9 Å². The van der Waals surface area contributed by atoms with Gasteiger partial charge < -0.3 is 23.7 Å². The van der Waals surface area contributed by atoms with Crippen molar-refractivity contribution >= 4 is 22.7 Å². The van der Waals surface area contributed by atoms with Gasteiger partial charge in [0, 0.05) is 42.5 Å². The molecule has 4 atom stereocenters. The second-order valence-corrected chi connectivity index (χ2v) is 10.4. The van der Waals surface area contributed by atoms with Gasteiger partial charge in [-0.15, -0.1) is 0 Å². The molecule has 2 bridgehead atoms. The number of methoxy groups -OCH3 is 3. The molecule has 7 nitrogen and oxygen atoms in total. The molecule has 37 heavy (non-hydrogen) atoms. The van der Waals surface area contributed by atoms with E-state index in [9.17, 15) is 9.59 Å². The van der Waals surface area contributed by atoms with Gasteiger partial charge in [0.05, 0.1) is 32.9 Å². The van der Waals surface area contributed by atoms with Crippen LogP contribution in [0.5, 0.6) is 11.5 Å². The van der Waals surface area contributed by atoms with E-state index in [4.69, 9.17) is 14.2 Å².